The van der Waals surface area contributed by atoms with Gasteiger partial charge >= 0.3 is 0 Å². The number of halogens is 1. The van der Waals surface area contributed by atoms with Crippen LogP contribution in [0.5, 0.6) is 0 Å². The van der Waals surface area contributed by atoms with Gasteiger partial charge in [0.15, 0.2) is 0 Å². The van der Waals surface area contributed by atoms with Crippen LogP contribution >= 0.6 is 0 Å². The second-order valence-corrected chi connectivity index (χ2v) is 12.4. The maximum absolute atomic E-state index is 15.9. The molecule has 1 saturated heterocycles. The van der Waals surface area contributed by atoms with E-state index in [1.54, 1.807) is 31.2 Å². The smallest absolute Gasteiger partial charge is 0.275 e. The standard InChI is InChI=1S/C31H42BFN4O6/c1-21-10-7-13-25(23(21)17-37(20-39)30(32,14-9-15-38)27(40)34-6)35-31(41,42)24-12-8-11-22(26(24)33)16-36-18-28(2,3)43-29(4,5)19-36/h7-8,10-13,15,20,35,41-42H,9,14,16-19H2,1-6H3,(H,34,40). The summed E-state index contributed by atoms with van der Waals surface area (Å²) in [6.07, 6.45) is 0.796. The normalized spacial score (nSPS) is 17.9. The van der Waals surface area contributed by atoms with E-state index in [4.69, 9.17) is 12.6 Å². The van der Waals surface area contributed by atoms with Crippen molar-refractivity contribution in [2.24, 2.45) is 0 Å². The van der Waals surface area contributed by atoms with Crippen molar-refractivity contribution in [3.63, 3.8) is 0 Å². The summed E-state index contributed by atoms with van der Waals surface area (Å²) in [6, 6.07) is 9.35. The van der Waals surface area contributed by atoms with Crippen molar-refractivity contribution in [1.82, 2.24) is 15.1 Å². The number of nitrogens with one attached hydrogen (secondary N) is 2. The van der Waals surface area contributed by atoms with Gasteiger partial charge in [0.1, 0.15) is 19.9 Å². The van der Waals surface area contributed by atoms with Gasteiger partial charge in [-0.3, -0.25) is 14.5 Å². The van der Waals surface area contributed by atoms with Crippen LogP contribution in [-0.2, 0) is 38.1 Å². The van der Waals surface area contributed by atoms with E-state index in [0.29, 0.717) is 36.9 Å². The van der Waals surface area contributed by atoms with Gasteiger partial charge in [-0.2, -0.15) is 0 Å². The van der Waals surface area contributed by atoms with Gasteiger partial charge in [-0.05, 0) is 64.3 Å². The Kier molecular flexibility index (Phi) is 10.4. The van der Waals surface area contributed by atoms with Gasteiger partial charge in [0, 0.05) is 50.9 Å². The molecule has 1 fully saturated rings. The Labute approximate surface area is 254 Å². The van der Waals surface area contributed by atoms with Crippen LogP contribution in [0.15, 0.2) is 36.4 Å². The molecule has 2 aromatic carbocycles. The molecule has 1 atom stereocenters. The van der Waals surface area contributed by atoms with Crippen molar-refractivity contribution in [2.45, 2.75) is 83.1 Å². The molecule has 1 aliphatic rings. The van der Waals surface area contributed by atoms with Gasteiger partial charge in [-0.25, -0.2) is 4.39 Å². The van der Waals surface area contributed by atoms with Gasteiger partial charge in [0.05, 0.1) is 22.2 Å². The first-order chi connectivity index (χ1) is 20.0. The van der Waals surface area contributed by atoms with Crippen molar-refractivity contribution in [2.75, 3.05) is 25.5 Å². The highest BCUT2D eigenvalue weighted by Crippen LogP contribution is 2.33. The van der Waals surface area contributed by atoms with E-state index < -0.39 is 34.3 Å². The average Bonchev–Trinajstić information content (AvgIpc) is 2.90. The molecule has 2 amide bonds. The van der Waals surface area contributed by atoms with E-state index in [9.17, 15) is 24.6 Å². The topological polar surface area (TPSA) is 131 Å². The van der Waals surface area contributed by atoms with Crippen LogP contribution in [0.2, 0.25) is 0 Å². The highest BCUT2D eigenvalue weighted by atomic mass is 19.1. The largest absolute Gasteiger partial charge is 0.367 e. The average molecular weight is 597 g/mol. The predicted octanol–water partition coefficient (Wildman–Crippen LogP) is 2.28. The Morgan fingerprint density at radius 3 is 2.35 bits per heavy atom. The molecule has 232 valence electrons. The van der Waals surface area contributed by atoms with Crippen LogP contribution in [0.1, 0.15) is 62.8 Å². The lowest BCUT2D eigenvalue weighted by Crippen LogP contribution is -2.58. The third-order valence-electron chi connectivity index (χ3n) is 7.56. The maximum atomic E-state index is 15.9. The van der Waals surface area contributed by atoms with Gasteiger partial charge in [0.2, 0.25) is 12.3 Å². The molecule has 0 saturated carbocycles. The Morgan fingerprint density at radius 1 is 1.14 bits per heavy atom. The number of aryl methyl sites for hydroxylation is 1. The number of ether oxygens (including phenoxy) is 1. The number of hydrogen-bond acceptors (Lipinski definition) is 8. The predicted molar refractivity (Wildman–Crippen MR) is 161 cm³/mol. The molecule has 0 aromatic heterocycles. The first-order valence-electron chi connectivity index (χ1n) is 14.2. The quantitative estimate of drug-likeness (QED) is 0.158. The SMILES string of the molecule is [B]C(CCC=O)(C(=O)NC)N(C=O)Cc1c(C)cccc1NC(O)(O)c1cccc(CN2CC(C)(C)OC(C)(C)C2)c1F. The number of anilines is 1. The lowest BCUT2D eigenvalue weighted by atomic mass is 9.71. The highest BCUT2D eigenvalue weighted by molar-refractivity contribution is 6.29. The van der Waals surface area contributed by atoms with E-state index in [1.165, 1.54) is 19.2 Å². The minimum Gasteiger partial charge on any atom is -0.367 e. The lowest BCUT2D eigenvalue weighted by Gasteiger charge is -2.47. The molecule has 2 radical (unpaired) electrons. The third-order valence-corrected chi connectivity index (χ3v) is 7.56. The Morgan fingerprint density at radius 2 is 1.77 bits per heavy atom. The molecule has 2 aromatic rings. The van der Waals surface area contributed by atoms with E-state index in [1.807, 2.05) is 27.7 Å². The number of nitrogens with zero attached hydrogens (tertiary/aromatic N) is 2. The molecule has 3 rings (SSSR count). The van der Waals surface area contributed by atoms with Crippen LogP contribution in [0.3, 0.4) is 0 Å². The second-order valence-electron chi connectivity index (χ2n) is 12.4. The number of aldehydes is 1. The van der Waals surface area contributed by atoms with Gasteiger partial charge in [-0.1, -0.05) is 24.3 Å². The fourth-order valence-corrected chi connectivity index (χ4v) is 5.88. The van der Waals surface area contributed by atoms with Gasteiger partial charge < -0.3 is 35.3 Å². The zero-order valence-electron chi connectivity index (χ0n) is 25.7. The summed E-state index contributed by atoms with van der Waals surface area (Å²) in [6.45, 7) is 10.8. The van der Waals surface area contributed by atoms with Gasteiger partial charge in [0.25, 0.3) is 5.91 Å². The van der Waals surface area contributed by atoms with Crippen LogP contribution < -0.4 is 10.6 Å². The zero-order valence-corrected chi connectivity index (χ0v) is 25.7. The van der Waals surface area contributed by atoms with Crippen LogP contribution in [0.25, 0.3) is 0 Å². The minimum atomic E-state index is -2.85. The summed E-state index contributed by atoms with van der Waals surface area (Å²) in [5, 5.41) is 27.4. The maximum Gasteiger partial charge on any atom is 0.275 e. The first-order valence-corrected chi connectivity index (χ1v) is 14.2. The number of morpholine rings is 1. The number of likely N-dealkylation sites (N-methyl/N-ethyl adjacent to an activating group) is 1. The number of amides is 2. The molecule has 0 aliphatic carbocycles. The van der Waals surface area contributed by atoms with Gasteiger partial charge in [-0.15, -0.1) is 0 Å². The summed E-state index contributed by atoms with van der Waals surface area (Å²) in [7, 11) is 7.71. The monoisotopic (exact) mass is 596 g/mol. The van der Waals surface area contributed by atoms with Crippen molar-refractivity contribution in [1.29, 1.82) is 0 Å². The number of aliphatic hydroxyl groups is 2. The van der Waals surface area contributed by atoms with E-state index >= 15 is 4.39 Å². The Hall–Kier alpha value is -3.32. The molecule has 43 heavy (non-hydrogen) atoms. The highest BCUT2D eigenvalue weighted by Gasteiger charge is 2.40. The molecule has 10 nitrogen and oxygen atoms in total. The number of rotatable bonds is 13. The minimum absolute atomic E-state index is 0.0708. The van der Waals surface area contributed by atoms with Crippen LogP contribution in [0.4, 0.5) is 10.1 Å². The summed E-state index contributed by atoms with van der Waals surface area (Å²) < 4.78 is 22.0. The first kappa shape index (κ1) is 34.2. The van der Waals surface area contributed by atoms with E-state index in [2.05, 4.69) is 15.5 Å². The third kappa shape index (κ3) is 8.00. The van der Waals surface area contributed by atoms with Crippen molar-refractivity contribution < 1.29 is 33.7 Å². The molecule has 0 spiro atoms. The Bertz CT molecular complexity index is 1320. The van der Waals surface area contributed by atoms with Crippen molar-refractivity contribution in [3.8, 4) is 0 Å². The molecule has 0 bridgehead atoms. The number of carbonyl (C=O) groups is 3. The number of carbonyl (C=O) groups excluding carboxylic acids is 3. The fourth-order valence-electron chi connectivity index (χ4n) is 5.88. The second kappa shape index (κ2) is 13.1. The number of benzene rings is 2. The van der Waals surface area contributed by atoms with Crippen LogP contribution in [0, 0.1) is 12.7 Å². The molecular formula is C31H42BFN4O6. The van der Waals surface area contributed by atoms with E-state index in [0.717, 1.165) is 4.90 Å². The molecule has 1 heterocycles. The molecule has 1 unspecified atom stereocenters. The van der Waals surface area contributed by atoms with Crippen LogP contribution in [-0.4, -0.2) is 83.2 Å². The molecular weight excluding hydrogens is 554 g/mol. The fraction of sp³-hybridized carbons (Fsp3) is 0.516. The summed E-state index contributed by atoms with van der Waals surface area (Å²) >= 11 is 0. The zero-order chi connectivity index (χ0) is 32.2. The Balaban J connectivity index is 1.93. The number of hydrogen-bond donors (Lipinski definition) is 4. The lowest BCUT2D eigenvalue weighted by molar-refractivity contribution is -0.182. The molecule has 1 aliphatic heterocycles. The summed E-state index contributed by atoms with van der Waals surface area (Å²) in [5.41, 5.74) is -1.64. The van der Waals surface area contributed by atoms with E-state index in [-0.39, 0.29) is 42.7 Å². The van der Waals surface area contributed by atoms with Crippen molar-refractivity contribution >= 4 is 32.1 Å². The summed E-state index contributed by atoms with van der Waals surface area (Å²) in [4.78, 5) is 39.1. The molecule has 12 heteroatoms. The molecule has 4 N–H and O–H groups in total. The summed E-state index contributed by atoms with van der Waals surface area (Å²) in [5.74, 6) is -4.30. The van der Waals surface area contributed by atoms with Crippen molar-refractivity contribution in [3.05, 3.63) is 64.5 Å².